The van der Waals surface area contributed by atoms with Gasteiger partial charge in [-0.05, 0) is 32.8 Å². The summed E-state index contributed by atoms with van der Waals surface area (Å²) in [6.07, 6.45) is 0.552. The average molecular weight is 348 g/mol. The summed E-state index contributed by atoms with van der Waals surface area (Å²) in [4.78, 5) is 12.4. The minimum atomic E-state index is -1.52. The van der Waals surface area contributed by atoms with Crippen LogP contribution in [0, 0.1) is 5.92 Å². The van der Waals surface area contributed by atoms with E-state index in [0.29, 0.717) is 0 Å². The van der Waals surface area contributed by atoms with Gasteiger partial charge in [-0.25, -0.2) is 4.79 Å². The third kappa shape index (κ3) is 6.15. The molecule has 1 amide bonds. The lowest BCUT2D eigenvalue weighted by atomic mass is 9.90. The summed E-state index contributed by atoms with van der Waals surface area (Å²) in [5, 5.41) is 4.37. The lowest BCUT2D eigenvalue weighted by Gasteiger charge is -2.35. The molecule has 0 saturated heterocycles. The third-order valence-corrected chi connectivity index (χ3v) is 6.38. The number of carbonyl (C=O) groups excluding carboxylic acids is 1. The molecule has 0 aliphatic rings. The van der Waals surface area contributed by atoms with E-state index in [0.717, 1.165) is 12.0 Å². The van der Waals surface area contributed by atoms with Crippen molar-refractivity contribution < 1.29 is 9.53 Å². The second kappa shape index (κ2) is 8.02. The van der Waals surface area contributed by atoms with Gasteiger partial charge in [0, 0.05) is 5.92 Å². The molecule has 0 aliphatic carbocycles. The molecular weight excluding hydrogens is 314 g/mol. The van der Waals surface area contributed by atoms with Crippen LogP contribution in [-0.4, -0.2) is 19.8 Å². The quantitative estimate of drug-likeness (QED) is 0.669. The van der Waals surface area contributed by atoms with Crippen molar-refractivity contribution >= 4 is 14.2 Å². The summed E-state index contributed by atoms with van der Waals surface area (Å²) in [6, 6.07) is 9.99. The van der Waals surface area contributed by atoms with Crippen LogP contribution in [0.25, 0.3) is 0 Å². The Bertz CT molecular complexity index is 555. The zero-order valence-corrected chi connectivity index (χ0v) is 17.3. The molecule has 0 aliphatic heterocycles. The largest absolute Gasteiger partial charge is 0.444 e. The van der Waals surface area contributed by atoms with E-state index in [4.69, 9.17) is 4.74 Å². The van der Waals surface area contributed by atoms with E-state index in [2.05, 4.69) is 50.6 Å². The van der Waals surface area contributed by atoms with Crippen molar-refractivity contribution in [2.75, 3.05) is 0 Å². The van der Waals surface area contributed by atoms with Crippen LogP contribution in [0.15, 0.2) is 42.1 Å². The maximum Gasteiger partial charge on any atom is 0.408 e. The standard InChI is InChI=1S/C20H33NO2Si/c1-9-17(15(2)24(6,7)8)18(16-13-11-10-12-14-16)21-19(22)23-20(3,4)5/h10-14,17-18H,2,9H2,1,3-8H3,(H,21,22)/t17-,18-/m1/s1. The van der Waals surface area contributed by atoms with Crippen LogP contribution in [0.2, 0.25) is 19.6 Å². The number of nitrogens with one attached hydrogen (secondary N) is 1. The monoisotopic (exact) mass is 347 g/mol. The van der Waals surface area contributed by atoms with E-state index in [-0.39, 0.29) is 18.1 Å². The minimum absolute atomic E-state index is 0.120. The van der Waals surface area contributed by atoms with Crippen LogP contribution in [0.4, 0.5) is 4.79 Å². The van der Waals surface area contributed by atoms with E-state index >= 15 is 0 Å². The first kappa shape index (κ1) is 20.5. The van der Waals surface area contributed by atoms with Crippen molar-refractivity contribution in [1.82, 2.24) is 5.32 Å². The van der Waals surface area contributed by atoms with E-state index in [1.54, 1.807) is 0 Å². The molecule has 0 radical (unpaired) electrons. The number of ether oxygens (including phenoxy) is 1. The molecule has 0 spiro atoms. The van der Waals surface area contributed by atoms with Gasteiger partial charge in [0.25, 0.3) is 0 Å². The molecule has 24 heavy (non-hydrogen) atoms. The molecule has 0 unspecified atom stereocenters. The van der Waals surface area contributed by atoms with Crippen molar-refractivity contribution in [2.24, 2.45) is 5.92 Å². The molecule has 0 aromatic heterocycles. The first-order valence-corrected chi connectivity index (χ1v) is 12.2. The van der Waals surface area contributed by atoms with E-state index in [1.165, 1.54) is 5.20 Å². The molecule has 0 fully saturated rings. The molecule has 0 saturated carbocycles. The number of alkyl carbamates (subject to hydrolysis) is 1. The summed E-state index contributed by atoms with van der Waals surface area (Å²) in [5.41, 5.74) is 0.581. The average Bonchev–Trinajstić information content (AvgIpc) is 2.44. The Morgan fingerprint density at radius 2 is 1.75 bits per heavy atom. The van der Waals surface area contributed by atoms with Crippen LogP contribution < -0.4 is 5.32 Å². The maximum absolute atomic E-state index is 12.4. The zero-order valence-electron chi connectivity index (χ0n) is 16.3. The van der Waals surface area contributed by atoms with Crippen LogP contribution in [0.3, 0.4) is 0 Å². The Morgan fingerprint density at radius 1 is 1.21 bits per heavy atom. The van der Waals surface area contributed by atoms with Gasteiger partial charge in [0.15, 0.2) is 0 Å². The molecule has 134 valence electrons. The topological polar surface area (TPSA) is 38.3 Å². The fraction of sp³-hybridized carbons (Fsp3) is 0.550. The number of amides is 1. The third-order valence-electron chi connectivity index (χ3n) is 4.08. The van der Waals surface area contributed by atoms with Gasteiger partial charge in [-0.1, -0.05) is 62.1 Å². The summed E-state index contributed by atoms with van der Waals surface area (Å²) < 4.78 is 5.48. The highest BCUT2D eigenvalue weighted by Crippen LogP contribution is 2.34. The van der Waals surface area contributed by atoms with Gasteiger partial charge in [0.1, 0.15) is 5.60 Å². The molecule has 1 aromatic rings. The predicted molar refractivity (Wildman–Crippen MR) is 105 cm³/mol. The Labute approximate surface area is 148 Å². The van der Waals surface area contributed by atoms with Crippen LogP contribution in [-0.2, 0) is 4.74 Å². The van der Waals surface area contributed by atoms with E-state index in [1.807, 2.05) is 39.0 Å². The normalized spacial score (nSPS) is 14.6. The Balaban J connectivity index is 3.14. The number of benzene rings is 1. The molecule has 1 N–H and O–H groups in total. The first-order valence-electron chi connectivity index (χ1n) is 8.69. The number of hydrogen-bond acceptors (Lipinski definition) is 2. The number of hydrogen-bond donors (Lipinski definition) is 1. The van der Waals surface area contributed by atoms with Crippen molar-refractivity contribution in [3.8, 4) is 0 Å². The van der Waals surface area contributed by atoms with Gasteiger partial charge in [-0.2, -0.15) is 0 Å². The second-order valence-corrected chi connectivity index (χ2v) is 13.5. The maximum atomic E-state index is 12.4. The second-order valence-electron chi connectivity index (χ2n) is 8.32. The van der Waals surface area contributed by atoms with Crippen molar-refractivity contribution in [3.05, 3.63) is 47.7 Å². The van der Waals surface area contributed by atoms with Crippen molar-refractivity contribution in [1.29, 1.82) is 0 Å². The highest BCUT2D eigenvalue weighted by atomic mass is 28.3. The SMILES string of the molecule is C=C([C@@H](CC)[C@H](NC(=O)OC(C)(C)C)c1ccccc1)[Si](C)(C)C. The van der Waals surface area contributed by atoms with Gasteiger partial charge >= 0.3 is 6.09 Å². The van der Waals surface area contributed by atoms with Crippen LogP contribution in [0.5, 0.6) is 0 Å². The Morgan fingerprint density at radius 3 is 2.17 bits per heavy atom. The van der Waals surface area contributed by atoms with Gasteiger partial charge in [0.05, 0.1) is 14.1 Å². The lowest BCUT2D eigenvalue weighted by Crippen LogP contribution is -2.41. The molecular formula is C20H33NO2Si. The Kier molecular flexibility index (Phi) is 6.84. The summed E-state index contributed by atoms with van der Waals surface area (Å²) in [5.74, 6) is 0.201. The van der Waals surface area contributed by atoms with Crippen molar-refractivity contribution in [3.63, 3.8) is 0 Å². The fourth-order valence-electron chi connectivity index (χ4n) is 2.75. The molecule has 0 heterocycles. The van der Waals surface area contributed by atoms with Crippen LogP contribution >= 0.6 is 0 Å². The zero-order chi connectivity index (χ0) is 18.5. The first-order chi connectivity index (χ1) is 11.0. The van der Waals surface area contributed by atoms with E-state index < -0.39 is 13.7 Å². The fourth-order valence-corrected chi connectivity index (χ4v) is 4.23. The van der Waals surface area contributed by atoms with Crippen molar-refractivity contribution in [2.45, 2.75) is 65.4 Å². The Hall–Kier alpha value is -1.55. The highest BCUT2D eigenvalue weighted by molar-refractivity contribution is 6.83. The molecule has 0 bridgehead atoms. The lowest BCUT2D eigenvalue weighted by molar-refractivity contribution is 0.0490. The van der Waals surface area contributed by atoms with Gasteiger partial charge in [-0.3, -0.25) is 0 Å². The summed E-state index contributed by atoms with van der Waals surface area (Å²) in [6.45, 7) is 19.1. The van der Waals surface area contributed by atoms with Gasteiger partial charge < -0.3 is 10.1 Å². The van der Waals surface area contributed by atoms with Crippen LogP contribution in [0.1, 0.15) is 45.7 Å². The number of carbonyl (C=O) groups is 1. The number of rotatable bonds is 6. The predicted octanol–water partition coefficient (Wildman–Crippen LogP) is 5.71. The summed E-state index contributed by atoms with van der Waals surface area (Å²) in [7, 11) is -1.52. The minimum Gasteiger partial charge on any atom is -0.444 e. The van der Waals surface area contributed by atoms with Gasteiger partial charge in [-0.15, -0.1) is 6.58 Å². The molecule has 2 atom stereocenters. The molecule has 4 heteroatoms. The smallest absolute Gasteiger partial charge is 0.408 e. The van der Waals surface area contributed by atoms with Gasteiger partial charge in [0.2, 0.25) is 0 Å². The van der Waals surface area contributed by atoms with E-state index in [9.17, 15) is 4.79 Å². The highest BCUT2D eigenvalue weighted by Gasteiger charge is 2.32. The molecule has 1 rings (SSSR count). The molecule has 3 nitrogen and oxygen atoms in total. The summed E-state index contributed by atoms with van der Waals surface area (Å²) >= 11 is 0. The molecule has 1 aromatic carbocycles.